The molecule has 1 saturated carbocycles. The first kappa shape index (κ1) is 19.6. The van der Waals surface area contributed by atoms with E-state index in [1.807, 2.05) is 23.9 Å². The third kappa shape index (κ3) is 5.11. The Hall–Kier alpha value is -1.76. The molecule has 0 amide bonds. The molecule has 0 spiro atoms. The number of thioether (sulfide) groups is 1. The number of hydrogen-bond donors (Lipinski definition) is 2. The van der Waals surface area contributed by atoms with Crippen LogP contribution in [0, 0.1) is 0 Å². The van der Waals surface area contributed by atoms with Gasteiger partial charge in [-0.15, -0.1) is 0 Å². The van der Waals surface area contributed by atoms with Gasteiger partial charge in [0.25, 0.3) is 0 Å². The van der Waals surface area contributed by atoms with E-state index in [4.69, 9.17) is 14.2 Å². The van der Waals surface area contributed by atoms with Crippen LogP contribution in [0.3, 0.4) is 0 Å². The summed E-state index contributed by atoms with van der Waals surface area (Å²) in [4.78, 5) is 4.34. The highest BCUT2D eigenvalue weighted by Crippen LogP contribution is 2.38. The molecule has 2 N–H and O–H groups in total. The Balaban J connectivity index is 1.99. The molecular formula is C18H29N3O3S. The Bertz CT molecular complexity index is 570. The summed E-state index contributed by atoms with van der Waals surface area (Å²) in [5, 5.41) is 7.64. The van der Waals surface area contributed by atoms with E-state index in [9.17, 15) is 0 Å². The van der Waals surface area contributed by atoms with Crippen molar-refractivity contribution in [1.29, 1.82) is 0 Å². The topological polar surface area (TPSA) is 64.1 Å². The van der Waals surface area contributed by atoms with Crippen LogP contribution in [0.25, 0.3) is 0 Å². The smallest absolute Gasteiger partial charge is 0.203 e. The number of aliphatic imine (C=N–C) groups is 1. The van der Waals surface area contributed by atoms with Gasteiger partial charge in [-0.2, -0.15) is 11.8 Å². The molecule has 2 rings (SSSR count). The summed E-state index contributed by atoms with van der Waals surface area (Å²) in [5.41, 5.74) is 1.03. The van der Waals surface area contributed by atoms with Crippen molar-refractivity contribution in [2.45, 2.75) is 37.1 Å². The summed E-state index contributed by atoms with van der Waals surface area (Å²) < 4.78 is 16.2. The van der Waals surface area contributed by atoms with Gasteiger partial charge in [-0.25, -0.2) is 0 Å². The molecule has 2 atom stereocenters. The molecule has 0 aliphatic heterocycles. The largest absolute Gasteiger partial charge is 0.493 e. The maximum absolute atomic E-state index is 5.40. The predicted molar refractivity (Wildman–Crippen MR) is 104 cm³/mol. The Labute approximate surface area is 154 Å². The minimum Gasteiger partial charge on any atom is -0.493 e. The van der Waals surface area contributed by atoms with Crippen molar-refractivity contribution in [2.24, 2.45) is 4.99 Å². The van der Waals surface area contributed by atoms with Gasteiger partial charge in [-0.3, -0.25) is 4.99 Å². The van der Waals surface area contributed by atoms with E-state index < -0.39 is 0 Å². The normalized spacial score (nSPS) is 20.3. The number of nitrogens with zero attached hydrogens (tertiary/aromatic N) is 1. The van der Waals surface area contributed by atoms with Crippen molar-refractivity contribution in [3.63, 3.8) is 0 Å². The third-order valence-electron chi connectivity index (χ3n) is 4.47. The Morgan fingerprint density at radius 1 is 1.16 bits per heavy atom. The van der Waals surface area contributed by atoms with Crippen molar-refractivity contribution >= 4 is 17.7 Å². The molecule has 2 unspecified atom stereocenters. The number of rotatable bonds is 7. The minimum atomic E-state index is 0.489. The molecular weight excluding hydrogens is 338 g/mol. The summed E-state index contributed by atoms with van der Waals surface area (Å²) in [5.74, 6) is 2.73. The minimum absolute atomic E-state index is 0.489. The number of guanidine groups is 1. The molecule has 1 aliphatic carbocycles. The van der Waals surface area contributed by atoms with Crippen LogP contribution >= 0.6 is 11.8 Å². The van der Waals surface area contributed by atoms with Crippen LogP contribution in [0.2, 0.25) is 0 Å². The lowest BCUT2D eigenvalue weighted by molar-refractivity contribution is 0.323. The molecule has 0 heterocycles. The van der Waals surface area contributed by atoms with Gasteiger partial charge < -0.3 is 24.8 Å². The van der Waals surface area contributed by atoms with Crippen molar-refractivity contribution in [2.75, 3.05) is 34.6 Å². The molecule has 1 aromatic carbocycles. The van der Waals surface area contributed by atoms with Crippen LogP contribution in [0.4, 0.5) is 0 Å². The van der Waals surface area contributed by atoms with Crippen molar-refractivity contribution < 1.29 is 14.2 Å². The number of ether oxygens (including phenoxy) is 3. The fourth-order valence-electron chi connectivity index (χ4n) is 3.10. The molecule has 6 nitrogen and oxygen atoms in total. The average Bonchev–Trinajstić information content (AvgIpc) is 3.11. The van der Waals surface area contributed by atoms with E-state index in [0.29, 0.717) is 29.8 Å². The summed E-state index contributed by atoms with van der Waals surface area (Å²) in [7, 11) is 6.65. The average molecular weight is 368 g/mol. The second-order valence-corrected chi connectivity index (χ2v) is 7.11. The first-order valence-electron chi connectivity index (χ1n) is 8.44. The number of nitrogens with one attached hydrogen (secondary N) is 2. The van der Waals surface area contributed by atoms with Crippen LogP contribution in [-0.2, 0) is 6.54 Å². The predicted octanol–water partition coefficient (Wildman–Crippen LogP) is 2.66. The van der Waals surface area contributed by atoms with Gasteiger partial charge >= 0.3 is 0 Å². The second-order valence-electron chi connectivity index (χ2n) is 5.97. The molecule has 1 aliphatic rings. The molecule has 7 heteroatoms. The molecule has 0 bridgehead atoms. The fourth-order valence-corrected chi connectivity index (χ4v) is 3.89. The maximum atomic E-state index is 5.40. The highest BCUT2D eigenvalue weighted by atomic mass is 32.2. The van der Waals surface area contributed by atoms with Crippen molar-refractivity contribution in [3.05, 3.63) is 17.7 Å². The quantitative estimate of drug-likeness (QED) is 0.571. The van der Waals surface area contributed by atoms with Gasteiger partial charge in [0.05, 0.1) is 21.3 Å². The van der Waals surface area contributed by atoms with E-state index in [1.54, 1.807) is 28.4 Å². The lowest BCUT2D eigenvalue weighted by Gasteiger charge is -2.18. The van der Waals surface area contributed by atoms with Crippen LogP contribution in [0.5, 0.6) is 17.2 Å². The molecule has 1 aromatic rings. The SMILES string of the molecule is CN=C(NCc1cc(OC)c(OC)c(OC)c1)NC1CCC(SC)C1. The summed E-state index contributed by atoms with van der Waals surface area (Å²) in [6, 6.07) is 4.38. The number of hydrogen-bond acceptors (Lipinski definition) is 5. The van der Waals surface area contributed by atoms with Crippen molar-refractivity contribution in [1.82, 2.24) is 10.6 Å². The zero-order valence-corrected chi connectivity index (χ0v) is 16.5. The molecule has 0 aromatic heterocycles. The molecule has 140 valence electrons. The highest BCUT2D eigenvalue weighted by Gasteiger charge is 2.24. The zero-order valence-electron chi connectivity index (χ0n) is 15.7. The lowest BCUT2D eigenvalue weighted by Crippen LogP contribution is -2.42. The van der Waals surface area contributed by atoms with E-state index in [2.05, 4.69) is 21.9 Å². The summed E-state index contributed by atoms with van der Waals surface area (Å²) >= 11 is 1.95. The Morgan fingerprint density at radius 2 is 1.84 bits per heavy atom. The molecule has 0 saturated heterocycles. The maximum Gasteiger partial charge on any atom is 0.203 e. The van der Waals surface area contributed by atoms with Gasteiger partial charge in [0.2, 0.25) is 5.75 Å². The van der Waals surface area contributed by atoms with Crippen molar-refractivity contribution in [3.8, 4) is 17.2 Å². The van der Waals surface area contributed by atoms with E-state index >= 15 is 0 Å². The van der Waals surface area contributed by atoms with Gasteiger partial charge in [-0.05, 0) is 43.2 Å². The Morgan fingerprint density at radius 3 is 2.32 bits per heavy atom. The van der Waals surface area contributed by atoms with Crippen LogP contribution in [-0.4, -0.2) is 51.9 Å². The Kier molecular flexibility index (Phi) is 7.55. The summed E-state index contributed by atoms with van der Waals surface area (Å²) in [6.07, 6.45) is 5.83. The molecule has 25 heavy (non-hydrogen) atoms. The van der Waals surface area contributed by atoms with Gasteiger partial charge in [0.1, 0.15) is 0 Å². The fraction of sp³-hybridized carbons (Fsp3) is 0.611. The molecule has 0 radical (unpaired) electrons. The number of benzene rings is 1. The van der Waals surface area contributed by atoms with Crippen LogP contribution < -0.4 is 24.8 Å². The first-order valence-corrected chi connectivity index (χ1v) is 9.72. The number of methoxy groups -OCH3 is 3. The standard InChI is InChI=1S/C18H29N3O3S/c1-19-18(21-13-6-7-14(10-13)25-5)20-11-12-8-15(22-2)17(24-4)16(9-12)23-3/h8-9,13-14H,6-7,10-11H2,1-5H3,(H2,19,20,21). The first-order chi connectivity index (χ1) is 12.1. The third-order valence-corrected chi connectivity index (χ3v) is 5.56. The van der Waals surface area contributed by atoms with Gasteiger partial charge in [-0.1, -0.05) is 0 Å². The van der Waals surface area contributed by atoms with E-state index in [0.717, 1.165) is 16.8 Å². The highest BCUT2D eigenvalue weighted by molar-refractivity contribution is 7.99. The van der Waals surface area contributed by atoms with Gasteiger partial charge in [0.15, 0.2) is 17.5 Å². The zero-order chi connectivity index (χ0) is 18.2. The van der Waals surface area contributed by atoms with E-state index in [-0.39, 0.29) is 0 Å². The van der Waals surface area contributed by atoms with E-state index in [1.165, 1.54) is 19.3 Å². The lowest BCUT2D eigenvalue weighted by atomic mass is 10.2. The summed E-state index contributed by atoms with van der Waals surface area (Å²) in [6.45, 7) is 0.620. The monoisotopic (exact) mass is 367 g/mol. The van der Waals surface area contributed by atoms with Crippen LogP contribution in [0.15, 0.2) is 17.1 Å². The second kappa shape index (κ2) is 9.65. The van der Waals surface area contributed by atoms with Gasteiger partial charge in [0, 0.05) is 24.9 Å². The molecule has 1 fully saturated rings. The van der Waals surface area contributed by atoms with Crippen LogP contribution in [0.1, 0.15) is 24.8 Å².